The fourth-order valence-electron chi connectivity index (χ4n) is 2.77. The standard InChI is InChI=1S/C13H23BrO3/c1-4-15-13-11(14)7-12(13)17-10-5-8(2)16-9(3)6-10/h8-13H,4-7H2,1-3H3. The van der Waals surface area contributed by atoms with Gasteiger partial charge in [-0.1, -0.05) is 15.9 Å². The SMILES string of the molecule is CCOC1C(Br)CC1OC1CC(C)OC(C)C1. The van der Waals surface area contributed by atoms with E-state index in [2.05, 4.69) is 29.8 Å². The van der Waals surface area contributed by atoms with Crippen LogP contribution >= 0.6 is 15.9 Å². The highest BCUT2D eigenvalue weighted by atomic mass is 79.9. The second kappa shape index (κ2) is 6.00. The van der Waals surface area contributed by atoms with Crippen molar-refractivity contribution in [2.24, 2.45) is 0 Å². The van der Waals surface area contributed by atoms with E-state index < -0.39 is 0 Å². The Morgan fingerprint density at radius 1 is 1.18 bits per heavy atom. The third-order valence-corrected chi connectivity index (χ3v) is 4.46. The molecule has 1 aliphatic heterocycles. The summed E-state index contributed by atoms with van der Waals surface area (Å²) in [6.45, 7) is 7.04. The lowest BCUT2D eigenvalue weighted by atomic mass is 9.90. The van der Waals surface area contributed by atoms with Crippen LogP contribution in [0.2, 0.25) is 0 Å². The number of ether oxygens (including phenoxy) is 3. The fraction of sp³-hybridized carbons (Fsp3) is 1.00. The van der Waals surface area contributed by atoms with Gasteiger partial charge in [0.25, 0.3) is 0 Å². The predicted octanol–water partition coefficient (Wildman–Crippen LogP) is 2.90. The summed E-state index contributed by atoms with van der Waals surface area (Å²) in [5, 5.41) is 0. The van der Waals surface area contributed by atoms with Crippen LogP contribution in [0, 0.1) is 0 Å². The van der Waals surface area contributed by atoms with Gasteiger partial charge < -0.3 is 14.2 Å². The molecule has 5 unspecified atom stereocenters. The highest BCUT2D eigenvalue weighted by molar-refractivity contribution is 9.09. The monoisotopic (exact) mass is 306 g/mol. The van der Waals surface area contributed by atoms with Crippen LogP contribution in [0.3, 0.4) is 0 Å². The maximum Gasteiger partial charge on any atom is 0.0962 e. The van der Waals surface area contributed by atoms with Gasteiger partial charge in [-0.2, -0.15) is 0 Å². The topological polar surface area (TPSA) is 27.7 Å². The quantitative estimate of drug-likeness (QED) is 0.748. The van der Waals surface area contributed by atoms with Gasteiger partial charge in [0.2, 0.25) is 0 Å². The third-order valence-electron chi connectivity index (χ3n) is 3.56. The zero-order valence-corrected chi connectivity index (χ0v) is 12.5. The second-order valence-corrected chi connectivity index (χ2v) is 6.37. The van der Waals surface area contributed by atoms with Crippen molar-refractivity contribution in [3.63, 3.8) is 0 Å². The summed E-state index contributed by atoms with van der Waals surface area (Å²) in [6.07, 6.45) is 4.53. The Hall–Kier alpha value is 0.360. The Bertz CT molecular complexity index is 239. The van der Waals surface area contributed by atoms with Crippen LogP contribution in [-0.4, -0.2) is 42.0 Å². The summed E-state index contributed by atoms with van der Waals surface area (Å²) in [4.78, 5) is 0.460. The van der Waals surface area contributed by atoms with E-state index in [0.717, 1.165) is 25.9 Å². The summed E-state index contributed by atoms with van der Waals surface area (Å²) >= 11 is 3.63. The molecule has 5 atom stereocenters. The molecule has 0 radical (unpaired) electrons. The number of alkyl halides is 1. The van der Waals surface area contributed by atoms with Crippen molar-refractivity contribution < 1.29 is 14.2 Å². The van der Waals surface area contributed by atoms with Crippen molar-refractivity contribution >= 4 is 15.9 Å². The van der Waals surface area contributed by atoms with Gasteiger partial charge in [0.05, 0.1) is 30.5 Å². The Morgan fingerprint density at radius 2 is 1.82 bits per heavy atom. The molecule has 0 aromatic rings. The number of hydrogen-bond donors (Lipinski definition) is 0. The predicted molar refractivity (Wildman–Crippen MR) is 70.7 cm³/mol. The molecule has 17 heavy (non-hydrogen) atoms. The molecule has 2 fully saturated rings. The first-order chi connectivity index (χ1) is 8.10. The van der Waals surface area contributed by atoms with Gasteiger partial charge >= 0.3 is 0 Å². The zero-order chi connectivity index (χ0) is 12.4. The van der Waals surface area contributed by atoms with Gasteiger partial charge in [0.15, 0.2) is 0 Å². The van der Waals surface area contributed by atoms with Gasteiger partial charge in [-0.05, 0) is 40.0 Å². The van der Waals surface area contributed by atoms with E-state index in [0.29, 0.717) is 23.1 Å². The molecular weight excluding hydrogens is 284 g/mol. The largest absolute Gasteiger partial charge is 0.375 e. The van der Waals surface area contributed by atoms with Gasteiger partial charge in [-0.25, -0.2) is 0 Å². The first kappa shape index (κ1) is 13.8. The maximum absolute atomic E-state index is 6.17. The summed E-state index contributed by atoms with van der Waals surface area (Å²) in [7, 11) is 0. The molecular formula is C13H23BrO3. The summed E-state index contributed by atoms with van der Waals surface area (Å²) in [6, 6.07) is 0. The molecule has 2 rings (SSSR count). The van der Waals surface area contributed by atoms with E-state index in [1.165, 1.54) is 0 Å². The maximum atomic E-state index is 6.17. The lowest BCUT2D eigenvalue weighted by Gasteiger charge is -2.44. The van der Waals surface area contributed by atoms with Crippen LogP contribution in [0.1, 0.15) is 40.0 Å². The van der Waals surface area contributed by atoms with E-state index in [1.54, 1.807) is 0 Å². The van der Waals surface area contributed by atoms with Crippen LogP contribution in [-0.2, 0) is 14.2 Å². The highest BCUT2D eigenvalue weighted by Gasteiger charge is 2.43. The molecule has 1 saturated heterocycles. The number of hydrogen-bond acceptors (Lipinski definition) is 3. The minimum Gasteiger partial charge on any atom is -0.375 e. The summed E-state index contributed by atoms with van der Waals surface area (Å²) < 4.78 is 17.6. The first-order valence-electron chi connectivity index (χ1n) is 6.66. The minimum absolute atomic E-state index is 0.230. The van der Waals surface area contributed by atoms with Gasteiger partial charge in [0, 0.05) is 11.4 Å². The fourth-order valence-corrected chi connectivity index (χ4v) is 3.63. The molecule has 1 saturated carbocycles. The van der Waals surface area contributed by atoms with E-state index in [4.69, 9.17) is 14.2 Å². The highest BCUT2D eigenvalue weighted by Crippen LogP contribution is 2.36. The third kappa shape index (κ3) is 3.43. The average Bonchev–Trinajstić information content (AvgIpc) is 2.24. The molecule has 4 heteroatoms. The van der Waals surface area contributed by atoms with Gasteiger partial charge in [-0.15, -0.1) is 0 Å². The first-order valence-corrected chi connectivity index (χ1v) is 7.58. The molecule has 1 aliphatic carbocycles. The van der Waals surface area contributed by atoms with Crippen molar-refractivity contribution in [2.45, 2.75) is 75.4 Å². The molecule has 3 nitrogen and oxygen atoms in total. The van der Waals surface area contributed by atoms with E-state index in [9.17, 15) is 0 Å². The average molecular weight is 307 g/mol. The smallest absolute Gasteiger partial charge is 0.0962 e. The Labute approximate surface area is 112 Å². The van der Waals surface area contributed by atoms with Gasteiger partial charge in [0.1, 0.15) is 0 Å². The Kier molecular flexibility index (Phi) is 4.87. The molecule has 100 valence electrons. The second-order valence-electron chi connectivity index (χ2n) is 5.20. The van der Waals surface area contributed by atoms with E-state index in [-0.39, 0.29) is 12.2 Å². The molecule has 1 heterocycles. The lowest BCUT2D eigenvalue weighted by Crippen LogP contribution is -2.53. The van der Waals surface area contributed by atoms with Gasteiger partial charge in [-0.3, -0.25) is 0 Å². The molecule has 0 spiro atoms. The van der Waals surface area contributed by atoms with Crippen LogP contribution in [0.15, 0.2) is 0 Å². The van der Waals surface area contributed by atoms with Crippen LogP contribution in [0.25, 0.3) is 0 Å². The summed E-state index contributed by atoms with van der Waals surface area (Å²) in [5.74, 6) is 0. The van der Waals surface area contributed by atoms with Crippen LogP contribution < -0.4 is 0 Å². The minimum atomic E-state index is 0.230. The number of halogens is 1. The molecule has 0 N–H and O–H groups in total. The van der Waals surface area contributed by atoms with Crippen molar-refractivity contribution in [3.05, 3.63) is 0 Å². The van der Waals surface area contributed by atoms with E-state index >= 15 is 0 Å². The molecule has 0 amide bonds. The van der Waals surface area contributed by atoms with Crippen molar-refractivity contribution in [2.75, 3.05) is 6.61 Å². The summed E-state index contributed by atoms with van der Waals surface area (Å²) in [5.41, 5.74) is 0. The lowest BCUT2D eigenvalue weighted by molar-refractivity contribution is -0.177. The van der Waals surface area contributed by atoms with Crippen molar-refractivity contribution in [3.8, 4) is 0 Å². The zero-order valence-electron chi connectivity index (χ0n) is 10.9. The Balaban J connectivity index is 1.80. The van der Waals surface area contributed by atoms with Crippen LogP contribution in [0.5, 0.6) is 0 Å². The Morgan fingerprint density at radius 3 is 2.35 bits per heavy atom. The van der Waals surface area contributed by atoms with Crippen molar-refractivity contribution in [1.82, 2.24) is 0 Å². The molecule has 0 aromatic heterocycles. The van der Waals surface area contributed by atoms with Crippen LogP contribution in [0.4, 0.5) is 0 Å². The van der Waals surface area contributed by atoms with Crippen molar-refractivity contribution in [1.29, 1.82) is 0 Å². The molecule has 2 aliphatic rings. The van der Waals surface area contributed by atoms with E-state index in [1.807, 2.05) is 6.92 Å². The normalized spacial score (nSPS) is 46.6. The molecule has 0 bridgehead atoms. The molecule has 0 aromatic carbocycles. The number of rotatable bonds is 4.